The van der Waals surface area contributed by atoms with E-state index in [1.807, 2.05) is 0 Å². The van der Waals surface area contributed by atoms with Crippen LogP contribution in [0.1, 0.15) is 60.5 Å². The first-order chi connectivity index (χ1) is 22.5. The molecule has 1 aromatic heterocycles. The van der Waals surface area contributed by atoms with Gasteiger partial charge in [0, 0.05) is 19.7 Å². The zero-order chi connectivity index (χ0) is 35.4. The fourth-order valence-corrected chi connectivity index (χ4v) is 5.39. The van der Waals surface area contributed by atoms with Gasteiger partial charge in [-0.25, -0.2) is 14.8 Å². The molecule has 1 aliphatic rings. The molecule has 4 rings (SSSR count). The number of hydrogen-bond acceptors (Lipinski definition) is 7. The van der Waals surface area contributed by atoms with Crippen molar-refractivity contribution < 1.29 is 58.5 Å². The number of rotatable bonds is 10. The van der Waals surface area contributed by atoms with Gasteiger partial charge in [0.15, 0.2) is 5.75 Å². The van der Waals surface area contributed by atoms with Gasteiger partial charge < -0.3 is 19.1 Å². The van der Waals surface area contributed by atoms with Crippen LogP contribution in [0.2, 0.25) is 0 Å². The second kappa shape index (κ2) is 14.5. The number of anilines is 2. The van der Waals surface area contributed by atoms with Crippen LogP contribution in [-0.4, -0.2) is 49.0 Å². The lowest BCUT2D eigenvalue weighted by Gasteiger charge is -2.44. The van der Waals surface area contributed by atoms with Gasteiger partial charge in [0.2, 0.25) is 5.95 Å². The monoisotopic (exact) mass is 694 g/mol. The van der Waals surface area contributed by atoms with Crippen molar-refractivity contribution in [3.63, 3.8) is 0 Å². The van der Waals surface area contributed by atoms with Crippen LogP contribution >= 0.6 is 0 Å². The van der Waals surface area contributed by atoms with Gasteiger partial charge in [-0.05, 0) is 67.3 Å². The second-order valence-corrected chi connectivity index (χ2v) is 10.8. The molecule has 0 N–H and O–H groups in total. The first-order valence-electron chi connectivity index (χ1n) is 14.6. The highest BCUT2D eigenvalue weighted by Gasteiger charge is 2.42. The van der Waals surface area contributed by atoms with Crippen molar-refractivity contribution in [2.45, 2.75) is 63.8 Å². The molecule has 0 unspecified atom stereocenters. The summed E-state index contributed by atoms with van der Waals surface area (Å²) in [6, 6.07) is 1.82. The molecule has 262 valence electrons. The Hall–Kier alpha value is -4.28. The Balaban J connectivity index is 1.93. The number of carbonyl (C=O) groups excluding carboxylic acids is 1. The molecule has 1 aliphatic heterocycles. The summed E-state index contributed by atoms with van der Waals surface area (Å²) in [6.45, 7) is 2.84. The minimum atomic E-state index is -5.15. The Labute approximate surface area is 269 Å². The Morgan fingerprint density at radius 3 is 2.00 bits per heavy atom. The molecule has 2 atom stereocenters. The molecule has 0 radical (unpaired) electrons. The minimum absolute atomic E-state index is 0.0215. The third-order valence-electron chi connectivity index (χ3n) is 7.57. The highest BCUT2D eigenvalue weighted by Crippen LogP contribution is 2.46. The van der Waals surface area contributed by atoms with Gasteiger partial charge in [0.1, 0.15) is 6.61 Å². The van der Waals surface area contributed by atoms with Crippen molar-refractivity contribution in [2.24, 2.45) is 0 Å². The van der Waals surface area contributed by atoms with Crippen molar-refractivity contribution in [1.29, 1.82) is 0 Å². The van der Waals surface area contributed by atoms with Gasteiger partial charge in [0.05, 0.1) is 54.0 Å². The minimum Gasteiger partial charge on any atom is -0.488 e. The van der Waals surface area contributed by atoms with Crippen molar-refractivity contribution in [3.8, 4) is 5.75 Å². The Morgan fingerprint density at radius 1 is 0.875 bits per heavy atom. The molecule has 0 fully saturated rings. The smallest absolute Gasteiger partial charge is 0.416 e. The SMILES string of the molecule is CCOC(=O)N1c2ccc(C(F)(F)F)cc2[C@@H](N(Cc2cc(C(F)(F)F)cc(C(F)(F)F)c2)c2ncc(OCCOC)cn2)C[C@H]1CC. The number of methoxy groups -OCH3 is 1. The predicted octanol–water partition coefficient (Wildman–Crippen LogP) is 8.45. The quantitative estimate of drug-likeness (QED) is 0.156. The number of amides is 1. The Kier molecular flexibility index (Phi) is 11.0. The maximum absolute atomic E-state index is 14.0. The third kappa shape index (κ3) is 8.41. The number of alkyl halides is 9. The van der Waals surface area contributed by atoms with Crippen LogP contribution in [0.3, 0.4) is 0 Å². The summed E-state index contributed by atoms with van der Waals surface area (Å²) in [5.41, 5.74) is -4.76. The number of ether oxygens (including phenoxy) is 3. The number of nitrogens with zero attached hydrogens (tertiary/aromatic N) is 4. The number of benzene rings is 2. The molecule has 0 spiro atoms. The number of halogens is 9. The van der Waals surface area contributed by atoms with E-state index in [0.717, 1.165) is 18.2 Å². The van der Waals surface area contributed by atoms with E-state index in [-0.39, 0.29) is 61.7 Å². The molecule has 3 aromatic rings. The van der Waals surface area contributed by atoms with Gasteiger partial charge >= 0.3 is 24.6 Å². The van der Waals surface area contributed by atoms with Gasteiger partial charge in [-0.1, -0.05) is 6.92 Å². The molecule has 0 saturated carbocycles. The largest absolute Gasteiger partial charge is 0.488 e. The van der Waals surface area contributed by atoms with Crippen LogP contribution in [0.15, 0.2) is 48.8 Å². The molecule has 2 aromatic carbocycles. The molecule has 0 saturated heterocycles. The van der Waals surface area contributed by atoms with Crippen molar-refractivity contribution in [1.82, 2.24) is 9.97 Å². The first-order valence-corrected chi connectivity index (χ1v) is 14.6. The highest BCUT2D eigenvalue weighted by atomic mass is 19.4. The van der Waals surface area contributed by atoms with Crippen molar-refractivity contribution >= 4 is 17.7 Å². The number of carbonyl (C=O) groups is 1. The van der Waals surface area contributed by atoms with Crippen LogP contribution in [-0.2, 0) is 34.5 Å². The molecule has 17 heteroatoms. The molecule has 48 heavy (non-hydrogen) atoms. The molecule has 1 amide bonds. The van der Waals surface area contributed by atoms with Crippen LogP contribution in [0.5, 0.6) is 5.75 Å². The lowest BCUT2D eigenvalue weighted by atomic mass is 9.87. The Morgan fingerprint density at radius 2 is 1.48 bits per heavy atom. The van der Waals surface area contributed by atoms with Gasteiger partial charge in [0.25, 0.3) is 0 Å². The molecular weight excluding hydrogens is 663 g/mol. The zero-order valence-corrected chi connectivity index (χ0v) is 25.8. The fraction of sp³-hybridized carbons (Fsp3) is 0.452. The molecule has 2 heterocycles. The summed E-state index contributed by atoms with van der Waals surface area (Å²) >= 11 is 0. The number of fused-ring (bicyclic) bond motifs is 1. The molecular formula is C31H31F9N4O4. The predicted molar refractivity (Wildman–Crippen MR) is 154 cm³/mol. The lowest BCUT2D eigenvalue weighted by Crippen LogP contribution is -2.48. The maximum atomic E-state index is 14.0. The summed E-state index contributed by atoms with van der Waals surface area (Å²) in [6.07, 6.45) is -13.4. The summed E-state index contributed by atoms with van der Waals surface area (Å²) in [4.78, 5) is 23.9. The van der Waals surface area contributed by atoms with Crippen LogP contribution in [0.4, 0.5) is 55.9 Å². The van der Waals surface area contributed by atoms with E-state index in [2.05, 4.69) is 9.97 Å². The normalized spacial score (nSPS) is 16.8. The summed E-state index contributed by atoms with van der Waals surface area (Å²) in [7, 11) is 1.44. The van der Waals surface area contributed by atoms with Gasteiger partial charge in [-0.15, -0.1) is 0 Å². The number of hydrogen-bond donors (Lipinski definition) is 0. The van der Waals surface area contributed by atoms with E-state index in [4.69, 9.17) is 14.2 Å². The third-order valence-corrected chi connectivity index (χ3v) is 7.57. The first kappa shape index (κ1) is 36.6. The fourth-order valence-electron chi connectivity index (χ4n) is 5.39. The van der Waals surface area contributed by atoms with E-state index in [1.54, 1.807) is 13.8 Å². The van der Waals surface area contributed by atoms with Crippen LogP contribution in [0.25, 0.3) is 0 Å². The van der Waals surface area contributed by atoms with E-state index in [0.29, 0.717) is 12.1 Å². The van der Waals surface area contributed by atoms with E-state index < -0.39 is 65.5 Å². The van der Waals surface area contributed by atoms with Gasteiger partial charge in [-0.2, -0.15) is 39.5 Å². The van der Waals surface area contributed by atoms with E-state index in [9.17, 15) is 44.3 Å². The Bertz CT molecular complexity index is 1530. The maximum Gasteiger partial charge on any atom is 0.416 e. The highest BCUT2D eigenvalue weighted by molar-refractivity contribution is 5.90. The lowest BCUT2D eigenvalue weighted by molar-refractivity contribution is -0.143. The van der Waals surface area contributed by atoms with E-state index in [1.165, 1.54) is 29.3 Å². The average molecular weight is 695 g/mol. The number of aromatic nitrogens is 2. The topological polar surface area (TPSA) is 77.0 Å². The van der Waals surface area contributed by atoms with Crippen molar-refractivity contribution in [3.05, 3.63) is 76.6 Å². The molecule has 0 aliphatic carbocycles. The van der Waals surface area contributed by atoms with Crippen molar-refractivity contribution in [2.75, 3.05) is 36.7 Å². The molecule has 0 bridgehead atoms. The standard InChI is InChI=1S/C31H31F9N4O4/c1-4-22-14-26(24-13-19(29(32,33)34)6-7-25(24)44(22)28(45)47-5-2)43(27-41-15-23(16-42-27)48-9-8-46-3)17-18-10-20(30(35,36)37)12-21(11-18)31(38,39)40/h6-7,10-13,15-16,22,26H,4-5,8-9,14,17H2,1-3H3/t22-,26+/m1/s1. The van der Waals surface area contributed by atoms with Gasteiger partial charge in [-0.3, -0.25) is 4.90 Å². The summed E-state index contributed by atoms with van der Waals surface area (Å²) in [5.74, 6) is -0.0784. The second-order valence-electron chi connectivity index (χ2n) is 10.8. The van der Waals surface area contributed by atoms with Crippen LogP contribution < -0.4 is 14.5 Å². The summed E-state index contributed by atoms with van der Waals surface area (Å²) in [5, 5.41) is 0. The zero-order valence-electron chi connectivity index (χ0n) is 25.8. The summed E-state index contributed by atoms with van der Waals surface area (Å²) < 4.78 is 140. The average Bonchev–Trinajstić information content (AvgIpc) is 3.02. The molecule has 8 nitrogen and oxygen atoms in total. The van der Waals surface area contributed by atoms with E-state index >= 15 is 0 Å². The van der Waals surface area contributed by atoms with Crippen LogP contribution in [0, 0.1) is 0 Å².